The molecule has 0 bridgehead atoms. The number of hydrogen-bond acceptors (Lipinski definition) is 5. The maximum Gasteiger partial charge on any atom is 0.303 e. The van der Waals surface area contributed by atoms with Crippen molar-refractivity contribution in [2.45, 2.75) is 32.2 Å². The van der Waals surface area contributed by atoms with E-state index in [4.69, 9.17) is 26.7 Å². The number of unbranched alkanes of at least 4 members (excludes halogenated alkanes) is 1. The van der Waals surface area contributed by atoms with Crippen LogP contribution in [0.1, 0.15) is 41.0 Å². The Morgan fingerprint density at radius 3 is 2.47 bits per heavy atom. The van der Waals surface area contributed by atoms with Crippen LogP contribution in [0.4, 0.5) is 0 Å². The largest absolute Gasteiger partial charge is 0.481 e. The highest BCUT2D eigenvalue weighted by atomic mass is 35.5. The summed E-state index contributed by atoms with van der Waals surface area (Å²) in [5.74, 6) is -1.06. The van der Waals surface area contributed by atoms with E-state index in [9.17, 15) is 9.59 Å². The Hall–Kier alpha value is -3.84. The molecule has 4 rings (SSSR count). The minimum atomic E-state index is -0.809. The molecule has 8 heteroatoms. The first-order valence-electron chi connectivity index (χ1n) is 11.0. The van der Waals surface area contributed by atoms with Crippen LogP contribution in [0.25, 0.3) is 22.3 Å². The Morgan fingerprint density at radius 2 is 1.71 bits per heavy atom. The molecule has 0 aliphatic carbocycles. The first-order valence-corrected chi connectivity index (χ1v) is 11.3. The van der Waals surface area contributed by atoms with E-state index in [1.54, 1.807) is 36.4 Å². The summed E-state index contributed by atoms with van der Waals surface area (Å²) in [6.07, 6.45) is 1.95. The van der Waals surface area contributed by atoms with Crippen LogP contribution in [-0.2, 0) is 17.8 Å². The number of carbonyl (C=O) groups excluding carboxylic acids is 1. The Kier molecular flexibility index (Phi) is 7.44. The number of aromatic nitrogens is 3. The minimum absolute atomic E-state index is 0.119. The second-order valence-corrected chi connectivity index (χ2v) is 8.21. The molecule has 0 unspecified atom stereocenters. The lowest BCUT2D eigenvalue weighted by molar-refractivity contribution is -0.137. The predicted molar refractivity (Wildman–Crippen MR) is 131 cm³/mol. The van der Waals surface area contributed by atoms with E-state index >= 15 is 0 Å². The molecule has 0 saturated carbocycles. The number of carboxylic acid groups (broad SMARTS) is 1. The summed E-state index contributed by atoms with van der Waals surface area (Å²) in [4.78, 5) is 37.4. The summed E-state index contributed by atoms with van der Waals surface area (Å²) in [5, 5.41) is 12.1. The average molecular weight is 475 g/mol. The van der Waals surface area contributed by atoms with Crippen molar-refractivity contribution in [1.82, 2.24) is 20.3 Å². The molecule has 0 atom stereocenters. The van der Waals surface area contributed by atoms with Crippen molar-refractivity contribution in [2.24, 2.45) is 0 Å². The van der Waals surface area contributed by atoms with Crippen LogP contribution in [-0.4, -0.2) is 31.9 Å². The van der Waals surface area contributed by atoms with Gasteiger partial charge in [0.05, 0.1) is 34.7 Å². The third kappa shape index (κ3) is 5.94. The monoisotopic (exact) mass is 474 g/mol. The Labute approximate surface area is 201 Å². The highest BCUT2D eigenvalue weighted by molar-refractivity contribution is 6.29. The summed E-state index contributed by atoms with van der Waals surface area (Å²) in [5.41, 5.74) is 4.92. The van der Waals surface area contributed by atoms with E-state index in [1.807, 2.05) is 30.3 Å². The molecule has 34 heavy (non-hydrogen) atoms. The Balaban J connectivity index is 1.59. The molecule has 2 aromatic heterocycles. The van der Waals surface area contributed by atoms with Crippen molar-refractivity contribution in [2.75, 3.05) is 0 Å². The number of carbonyl (C=O) groups is 2. The van der Waals surface area contributed by atoms with Gasteiger partial charge in [0.15, 0.2) is 0 Å². The number of hydrogen-bond donors (Lipinski definition) is 2. The van der Waals surface area contributed by atoms with E-state index in [-0.39, 0.29) is 18.9 Å². The van der Waals surface area contributed by atoms with E-state index in [1.165, 1.54) is 0 Å². The average Bonchev–Trinajstić information content (AvgIpc) is 2.85. The zero-order valence-electron chi connectivity index (χ0n) is 18.4. The number of fused-ring (bicyclic) bond motifs is 1. The van der Waals surface area contributed by atoms with Gasteiger partial charge >= 0.3 is 5.97 Å². The Bertz CT molecular complexity index is 1330. The van der Waals surface area contributed by atoms with Crippen molar-refractivity contribution in [3.63, 3.8) is 0 Å². The summed E-state index contributed by atoms with van der Waals surface area (Å²) < 4.78 is 0. The molecule has 2 heterocycles. The standard InChI is InChI=1S/C26H23ClN4O3/c27-23-11-6-9-19(29-23)16-28-26(34)18-13-14-20-22(15-18)30-21(10-4-5-12-24(32)33)25(31-20)17-7-2-1-3-8-17/h1-3,6-9,11,13-15H,4-5,10,12,16H2,(H,28,34)(H,32,33). The van der Waals surface area contributed by atoms with Crippen molar-refractivity contribution in [3.8, 4) is 11.3 Å². The highest BCUT2D eigenvalue weighted by Crippen LogP contribution is 2.25. The van der Waals surface area contributed by atoms with Gasteiger partial charge in [-0.3, -0.25) is 9.59 Å². The van der Waals surface area contributed by atoms with Crippen LogP contribution in [0.2, 0.25) is 5.15 Å². The second kappa shape index (κ2) is 10.9. The maximum absolute atomic E-state index is 12.7. The van der Waals surface area contributed by atoms with E-state index < -0.39 is 5.97 Å². The molecule has 0 saturated heterocycles. The molecule has 1 amide bonds. The van der Waals surface area contributed by atoms with Crippen molar-refractivity contribution < 1.29 is 14.7 Å². The fourth-order valence-corrected chi connectivity index (χ4v) is 3.81. The highest BCUT2D eigenvalue weighted by Gasteiger charge is 2.14. The Morgan fingerprint density at radius 1 is 0.882 bits per heavy atom. The SMILES string of the molecule is O=C(O)CCCCc1nc2cc(C(=O)NCc3cccc(Cl)n3)ccc2nc1-c1ccccc1. The minimum Gasteiger partial charge on any atom is -0.481 e. The summed E-state index contributed by atoms with van der Waals surface area (Å²) in [7, 11) is 0. The van der Waals surface area contributed by atoms with Crippen LogP contribution < -0.4 is 5.32 Å². The van der Waals surface area contributed by atoms with Gasteiger partial charge in [0.2, 0.25) is 0 Å². The number of pyridine rings is 1. The fraction of sp³-hybridized carbons (Fsp3) is 0.192. The number of benzene rings is 2. The van der Waals surface area contributed by atoms with Gasteiger partial charge in [-0.2, -0.15) is 0 Å². The molecular formula is C26H23ClN4O3. The number of rotatable bonds is 9. The lowest BCUT2D eigenvalue weighted by atomic mass is 10.0. The first-order chi connectivity index (χ1) is 16.5. The number of aryl methyl sites for hydroxylation is 1. The lowest BCUT2D eigenvalue weighted by Gasteiger charge is -2.11. The second-order valence-electron chi connectivity index (χ2n) is 7.82. The topological polar surface area (TPSA) is 105 Å². The summed E-state index contributed by atoms with van der Waals surface area (Å²) in [6, 6.07) is 20.3. The zero-order valence-corrected chi connectivity index (χ0v) is 19.1. The van der Waals surface area contributed by atoms with Crippen LogP contribution in [0, 0.1) is 0 Å². The predicted octanol–water partition coefficient (Wildman–Crippen LogP) is 5.07. The summed E-state index contributed by atoms with van der Waals surface area (Å²) >= 11 is 5.91. The molecular weight excluding hydrogens is 452 g/mol. The third-order valence-electron chi connectivity index (χ3n) is 5.30. The van der Waals surface area contributed by atoms with Gasteiger partial charge in [-0.05, 0) is 49.6 Å². The number of aliphatic carboxylic acids is 1. The van der Waals surface area contributed by atoms with Crippen LogP contribution in [0.5, 0.6) is 0 Å². The molecule has 4 aromatic rings. The van der Waals surface area contributed by atoms with Crippen molar-refractivity contribution >= 4 is 34.5 Å². The molecule has 0 aliphatic heterocycles. The molecule has 2 aromatic carbocycles. The molecule has 0 radical (unpaired) electrons. The van der Waals surface area contributed by atoms with E-state index in [0.29, 0.717) is 46.7 Å². The normalized spacial score (nSPS) is 10.9. The van der Waals surface area contributed by atoms with Gasteiger partial charge in [-0.1, -0.05) is 48.0 Å². The van der Waals surface area contributed by atoms with Crippen molar-refractivity contribution in [3.05, 3.63) is 88.8 Å². The maximum atomic E-state index is 12.7. The first kappa shape index (κ1) is 23.3. The van der Waals surface area contributed by atoms with E-state index in [0.717, 1.165) is 17.0 Å². The van der Waals surface area contributed by atoms with Gasteiger partial charge in [0, 0.05) is 17.5 Å². The van der Waals surface area contributed by atoms with Crippen LogP contribution in [0.15, 0.2) is 66.7 Å². The van der Waals surface area contributed by atoms with Gasteiger partial charge in [0.25, 0.3) is 5.91 Å². The van der Waals surface area contributed by atoms with Crippen LogP contribution >= 0.6 is 11.6 Å². The smallest absolute Gasteiger partial charge is 0.303 e. The molecule has 0 spiro atoms. The van der Waals surface area contributed by atoms with Gasteiger partial charge < -0.3 is 10.4 Å². The quantitative estimate of drug-likeness (QED) is 0.259. The zero-order chi connectivity index (χ0) is 23.9. The molecule has 0 fully saturated rings. The van der Waals surface area contributed by atoms with Gasteiger partial charge in [-0.15, -0.1) is 0 Å². The number of carboxylic acids is 1. The van der Waals surface area contributed by atoms with Crippen LogP contribution in [0.3, 0.4) is 0 Å². The number of halogens is 1. The number of amides is 1. The number of nitrogens with zero attached hydrogens (tertiary/aromatic N) is 3. The summed E-state index contributed by atoms with van der Waals surface area (Å²) in [6.45, 7) is 0.255. The molecule has 0 aliphatic rings. The molecule has 172 valence electrons. The van der Waals surface area contributed by atoms with Gasteiger partial charge in [0.1, 0.15) is 5.15 Å². The lowest BCUT2D eigenvalue weighted by Crippen LogP contribution is -2.23. The van der Waals surface area contributed by atoms with E-state index in [2.05, 4.69) is 10.3 Å². The third-order valence-corrected chi connectivity index (χ3v) is 5.51. The molecule has 7 nitrogen and oxygen atoms in total. The fourth-order valence-electron chi connectivity index (χ4n) is 3.62. The van der Waals surface area contributed by atoms with Gasteiger partial charge in [-0.25, -0.2) is 15.0 Å². The van der Waals surface area contributed by atoms with Crippen molar-refractivity contribution in [1.29, 1.82) is 0 Å². The number of nitrogens with one attached hydrogen (secondary N) is 1. The molecule has 2 N–H and O–H groups in total.